The molecule has 0 unspecified atom stereocenters. The van der Waals surface area contributed by atoms with Crippen molar-refractivity contribution in [2.75, 3.05) is 19.1 Å². The number of hydrogen-bond donors (Lipinski definition) is 0. The van der Waals surface area contributed by atoms with E-state index in [0.717, 1.165) is 11.3 Å². The number of allylic oxidation sites excluding steroid dienone is 2. The number of ether oxygens (including phenoxy) is 3. The Bertz CT molecular complexity index is 959. The highest BCUT2D eigenvalue weighted by Crippen LogP contribution is 2.26. The van der Waals surface area contributed by atoms with Gasteiger partial charge in [-0.25, -0.2) is 9.59 Å². The molecular weight excluding hydrogens is 370 g/mol. The van der Waals surface area contributed by atoms with Gasteiger partial charge in [0, 0.05) is 11.9 Å². The van der Waals surface area contributed by atoms with Crippen LogP contribution >= 0.6 is 0 Å². The number of benzene rings is 2. The summed E-state index contributed by atoms with van der Waals surface area (Å²) < 4.78 is 15.5. The molecule has 0 atom stereocenters. The molecule has 0 radical (unpaired) electrons. The van der Waals surface area contributed by atoms with Crippen LogP contribution in [0.1, 0.15) is 5.56 Å². The van der Waals surface area contributed by atoms with E-state index in [0.29, 0.717) is 12.3 Å². The Morgan fingerprint density at radius 3 is 2.21 bits per heavy atom. The second kappa shape index (κ2) is 9.41. The monoisotopic (exact) mass is 391 g/mol. The van der Waals surface area contributed by atoms with Gasteiger partial charge in [0.25, 0.3) is 0 Å². The van der Waals surface area contributed by atoms with Crippen molar-refractivity contribution in [2.45, 2.75) is 6.61 Å². The zero-order valence-corrected chi connectivity index (χ0v) is 16.2. The number of nitrogens with zero attached hydrogens (tertiary/aromatic N) is 1. The predicted octanol–water partition coefficient (Wildman–Crippen LogP) is 3.76. The Hall–Kier alpha value is -3.80. The van der Waals surface area contributed by atoms with E-state index in [-0.39, 0.29) is 11.3 Å². The fourth-order valence-corrected chi connectivity index (χ4v) is 2.80. The lowest BCUT2D eigenvalue weighted by Gasteiger charge is -2.23. The molecule has 6 heteroatoms. The number of hydrogen-bond acceptors (Lipinski definition) is 6. The molecule has 0 aliphatic carbocycles. The van der Waals surface area contributed by atoms with Crippen LogP contribution in [0.25, 0.3) is 0 Å². The minimum Gasteiger partial charge on any atom is -0.489 e. The standard InChI is InChI=1S/C23H21NO5/c1-27-22(25)20-10-6-7-15-24(21(20)23(26)28-2)18-13-11-17(12-14-18)16-29-19-8-4-3-5-9-19/h3-15H,16H2,1-2H3. The molecule has 0 N–H and O–H groups in total. The van der Waals surface area contributed by atoms with E-state index in [1.165, 1.54) is 20.3 Å². The maximum Gasteiger partial charge on any atom is 0.355 e. The van der Waals surface area contributed by atoms with Crippen LogP contribution in [0.4, 0.5) is 5.69 Å². The number of esters is 2. The third-order valence-electron chi connectivity index (χ3n) is 4.25. The number of carbonyl (C=O) groups excluding carboxylic acids is 2. The van der Waals surface area contributed by atoms with E-state index in [2.05, 4.69) is 0 Å². The topological polar surface area (TPSA) is 65.1 Å². The van der Waals surface area contributed by atoms with Gasteiger partial charge >= 0.3 is 11.9 Å². The molecule has 0 spiro atoms. The summed E-state index contributed by atoms with van der Waals surface area (Å²) >= 11 is 0. The SMILES string of the molecule is COC(=O)C1=C(C(=O)OC)N(c2ccc(COc3ccccc3)cc2)C=CC=C1. The summed E-state index contributed by atoms with van der Waals surface area (Å²) in [5.41, 5.74) is 1.85. The van der Waals surface area contributed by atoms with Gasteiger partial charge in [0.15, 0.2) is 0 Å². The molecule has 0 saturated heterocycles. The van der Waals surface area contributed by atoms with Gasteiger partial charge in [0.2, 0.25) is 0 Å². The fraction of sp³-hybridized carbons (Fsp3) is 0.130. The third kappa shape index (κ3) is 4.73. The van der Waals surface area contributed by atoms with Crippen LogP contribution in [0.5, 0.6) is 5.75 Å². The second-order valence-corrected chi connectivity index (χ2v) is 6.08. The Balaban J connectivity index is 1.87. The van der Waals surface area contributed by atoms with Crippen molar-refractivity contribution in [2.24, 2.45) is 0 Å². The molecule has 0 saturated carbocycles. The van der Waals surface area contributed by atoms with Crippen molar-refractivity contribution in [1.82, 2.24) is 0 Å². The molecule has 1 heterocycles. The number of anilines is 1. The smallest absolute Gasteiger partial charge is 0.355 e. The average Bonchev–Trinajstić information content (AvgIpc) is 3.00. The first-order valence-corrected chi connectivity index (χ1v) is 8.96. The normalized spacial score (nSPS) is 13.1. The molecule has 0 aromatic heterocycles. The van der Waals surface area contributed by atoms with Gasteiger partial charge in [-0.15, -0.1) is 0 Å². The van der Waals surface area contributed by atoms with E-state index in [4.69, 9.17) is 14.2 Å². The lowest BCUT2D eigenvalue weighted by molar-refractivity contribution is -0.139. The molecule has 2 aromatic carbocycles. The van der Waals surface area contributed by atoms with Crippen LogP contribution in [0.15, 0.2) is 90.3 Å². The van der Waals surface area contributed by atoms with E-state index in [1.54, 1.807) is 23.3 Å². The predicted molar refractivity (Wildman–Crippen MR) is 109 cm³/mol. The Labute approximate surface area is 169 Å². The largest absolute Gasteiger partial charge is 0.489 e. The highest BCUT2D eigenvalue weighted by molar-refractivity contribution is 6.05. The van der Waals surface area contributed by atoms with E-state index in [1.807, 2.05) is 54.6 Å². The van der Waals surface area contributed by atoms with Crippen molar-refractivity contribution in [1.29, 1.82) is 0 Å². The van der Waals surface area contributed by atoms with Crippen molar-refractivity contribution in [3.63, 3.8) is 0 Å². The maximum atomic E-state index is 12.4. The maximum absolute atomic E-state index is 12.4. The van der Waals surface area contributed by atoms with Crippen LogP contribution in [0, 0.1) is 0 Å². The zero-order chi connectivity index (χ0) is 20.6. The molecule has 0 fully saturated rings. The van der Waals surface area contributed by atoms with Crippen LogP contribution < -0.4 is 9.64 Å². The van der Waals surface area contributed by atoms with Gasteiger partial charge in [0.05, 0.1) is 19.8 Å². The van der Waals surface area contributed by atoms with Crippen molar-refractivity contribution in [3.05, 3.63) is 95.9 Å². The van der Waals surface area contributed by atoms with Crippen LogP contribution in [-0.2, 0) is 25.7 Å². The van der Waals surface area contributed by atoms with E-state index >= 15 is 0 Å². The highest BCUT2D eigenvalue weighted by Gasteiger charge is 2.27. The number of carbonyl (C=O) groups is 2. The van der Waals surface area contributed by atoms with Gasteiger partial charge in [0.1, 0.15) is 18.1 Å². The Morgan fingerprint density at radius 1 is 0.862 bits per heavy atom. The van der Waals surface area contributed by atoms with E-state index < -0.39 is 11.9 Å². The summed E-state index contributed by atoms with van der Waals surface area (Å²) in [6, 6.07) is 17.0. The molecule has 29 heavy (non-hydrogen) atoms. The van der Waals surface area contributed by atoms with Gasteiger partial charge in [-0.1, -0.05) is 36.4 Å². The number of para-hydroxylation sites is 1. The minimum atomic E-state index is -0.641. The summed E-state index contributed by atoms with van der Waals surface area (Å²) in [4.78, 5) is 26.2. The quantitative estimate of drug-likeness (QED) is 0.699. The summed E-state index contributed by atoms with van der Waals surface area (Å²) in [6.07, 6.45) is 6.60. The first-order valence-electron chi connectivity index (χ1n) is 8.96. The molecule has 148 valence electrons. The third-order valence-corrected chi connectivity index (χ3v) is 4.25. The molecular formula is C23H21NO5. The van der Waals surface area contributed by atoms with Gasteiger partial charge in [-0.3, -0.25) is 0 Å². The van der Waals surface area contributed by atoms with Gasteiger partial charge < -0.3 is 19.1 Å². The molecule has 0 bridgehead atoms. The zero-order valence-electron chi connectivity index (χ0n) is 16.2. The fourth-order valence-electron chi connectivity index (χ4n) is 2.80. The molecule has 6 nitrogen and oxygen atoms in total. The van der Waals surface area contributed by atoms with Crippen molar-refractivity contribution < 1.29 is 23.8 Å². The Morgan fingerprint density at radius 2 is 1.55 bits per heavy atom. The molecule has 1 aliphatic heterocycles. The van der Waals surface area contributed by atoms with Gasteiger partial charge in [-0.2, -0.15) is 0 Å². The summed E-state index contributed by atoms with van der Waals surface area (Å²) in [5, 5.41) is 0. The molecule has 3 rings (SSSR count). The Kier molecular flexibility index (Phi) is 6.47. The highest BCUT2D eigenvalue weighted by atomic mass is 16.5. The molecule has 1 aliphatic rings. The lowest BCUT2D eigenvalue weighted by Crippen LogP contribution is -2.26. The van der Waals surface area contributed by atoms with Crippen molar-refractivity contribution in [3.8, 4) is 5.75 Å². The van der Waals surface area contributed by atoms with Crippen LogP contribution in [0.2, 0.25) is 0 Å². The number of rotatable bonds is 6. The summed E-state index contributed by atoms with van der Waals surface area (Å²) in [5.74, 6) is -0.474. The number of methoxy groups -OCH3 is 2. The minimum absolute atomic E-state index is 0.0811. The first kappa shape index (κ1) is 19.9. The second-order valence-electron chi connectivity index (χ2n) is 6.08. The van der Waals surface area contributed by atoms with Crippen LogP contribution in [-0.4, -0.2) is 26.2 Å². The molecule has 2 aromatic rings. The lowest BCUT2D eigenvalue weighted by atomic mass is 10.1. The van der Waals surface area contributed by atoms with Gasteiger partial charge in [-0.05, 0) is 42.0 Å². The molecule has 0 amide bonds. The van der Waals surface area contributed by atoms with Crippen LogP contribution in [0.3, 0.4) is 0 Å². The average molecular weight is 391 g/mol. The summed E-state index contributed by atoms with van der Waals surface area (Å²) in [7, 11) is 2.53. The summed E-state index contributed by atoms with van der Waals surface area (Å²) in [6.45, 7) is 0.412. The van der Waals surface area contributed by atoms with E-state index in [9.17, 15) is 9.59 Å². The first-order chi connectivity index (χ1) is 14.1. The van der Waals surface area contributed by atoms with Crippen molar-refractivity contribution >= 4 is 17.6 Å².